The van der Waals surface area contributed by atoms with Crippen LogP contribution in [0.4, 0.5) is 5.69 Å². The number of phenols is 1. The molecule has 2 unspecified atom stereocenters. The predicted octanol–water partition coefficient (Wildman–Crippen LogP) is 5.93. The number of fused-ring (bicyclic) bond motifs is 2. The number of aliphatic hydroxyl groups is 1. The minimum atomic E-state index is -0.630. The molecule has 0 bridgehead atoms. The molecule has 1 aliphatic carbocycles. The molecule has 1 aliphatic heterocycles. The molecule has 30 heavy (non-hydrogen) atoms. The average Bonchev–Trinajstić information content (AvgIpc) is 3.39. The Morgan fingerprint density at radius 3 is 2.60 bits per heavy atom. The molecule has 1 fully saturated rings. The molecule has 1 spiro atoms. The number of aliphatic hydroxyl groups excluding tert-OH is 1. The van der Waals surface area contributed by atoms with Crippen molar-refractivity contribution in [3.8, 4) is 16.9 Å². The van der Waals surface area contributed by atoms with E-state index in [0.717, 1.165) is 33.5 Å². The van der Waals surface area contributed by atoms with Gasteiger partial charge in [0.05, 0.1) is 10.4 Å². The standard InChI is InChI=1S/C25H20ClNO3/c1-13-3-4-16(9-18(13)14(2)28)21-12-25(21)20-10-19(15-5-7-17(29)8-6-15)22(26)11-23(20)27-24(25)30/h3-11,21,28-29H,2,12H2,1H3,(H,27,30). The average molecular weight is 418 g/mol. The Morgan fingerprint density at radius 1 is 1.17 bits per heavy atom. The van der Waals surface area contributed by atoms with E-state index in [2.05, 4.69) is 11.9 Å². The smallest absolute Gasteiger partial charge is 0.235 e. The molecule has 3 N–H and O–H groups in total. The summed E-state index contributed by atoms with van der Waals surface area (Å²) in [6, 6.07) is 16.5. The van der Waals surface area contributed by atoms with Crippen LogP contribution >= 0.6 is 11.6 Å². The van der Waals surface area contributed by atoms with Gasteiger partial charge in [0.1, 0.15) is 11.5 Å². The first-order chi connectivity index (χ1) is 14.3. The molecule has 0 radical (unpaired) electrons. The molecule has 5 heteroatoms. The van der Waals surface area contributed by atoms with Crippen molar-refractivity contribution in [2.24, 2.45) is 0 Å². The Morgan fingerprint density at radius 2 is 1.90 bits per heavy atom. The fraction of sp³-hybridized carbons (Fsp3) is 0.160. The number of carbonyl (C=O) groups is 1. The van der Waals surface area contributed by atoms with Crippen molar-refractivity contribution >= 4 is 29.0 Å². The Bertz CT molecular complexity index is 1230. The van der Waals surface area contributed by atoms with E-state index >= 15 is 0 Å². The van der Waals surface area contributed by atoms with Crippen molar-refractivity contribution in [1.82, 2.24) is 0 Å². The monoisotopic (exact) mass is 417 g/mol. The van der Waals surface area contributed by atoms with Gasteiger partial charge in [-0.05, 0) is 65.9 Å². The molecular formula is C25H20ClNO3. The first kappa shape index (κ1) is 18.8. The van der Waals surface area contributed by atoms with Crippen LogP contribution < -0.4 is 5.32 Å². The summed E-state index contributed by atoms with van der Waals surface area (Å²) < 4.78 is 0. The molecule has 1 saturated carbocycles. The number of rotatable bonds is 3. The van der Waals surface area contributed by atoms with Gasteiger partial charge >= 0.3 is 0 Å². The summed E-state index contributed by atoms with van der Waals surface area (Å²) in [6.45, 7) is 5.58. The molecule has 3 aromatic carbocycles. The summed E-state index contributed by atoms with van der Waals surface area (Å²) in [5.74, 6) is 0.214. The number of hydrogen-bond acceptors (Lipinski definition) is 3. The number of halogens is 1. The van der Waals surface area contributed by atoms with E-state index in [4.69, 9.17) is 11.6 Å². The molecule has 5 rings (SSSR count). The van der Waals surface area contributed by atoms with Crippen molar-refractivity contribution in [2.45, 2.75) is 24.7 Å². The first-order valence-corrected chi connectivity index (χ1v) is 10.1. The fourth-order valence-corrected chi connectivity index (χ4v) is 4.92. The lowest BCUT2D eigenvalue weighted by atomic mass is 9.89. The summed E-state index contributed by atoms with van der Waals surface area (Å²) >= 11 is 6.52. The second kappa shape index (κ2) is 6.38. The molecule has 4 nitrogen and oxygen atoms in total. The summed E-state index contributed by atoms with van der Waals surface area (Å²) in [7, 11) is 0. The lowest BCUT2D eigenvalue weighted by Gasteiger charge is -2.13. The zero-order chi connectivity index (χ0) is 21.2. The number of aromatic hydroxyl groups is 1. The normalized spacial score (nSPS) is 21.4. The van der Waals surface area contributed by atoms with Crippen LogP contribution in [0.25, 0.3) is 16.9 Å². The number of amides is 1. The van der Waals surface area contributed by atoms with Gasteiger partial charge in [0.15, 0.2) is 0 Å². The topological polar surface area (TPSA) is 69.6 Å². The number of nitrogens with one attached hydrogen (secondary N) is 1. The van der Waals surface area contributed by atoms with E-state index in [1.165, 1.54) is 0 Å². The molecule has 0 aromatic heterocycles. The van der Waals surface area contributed by atoms with E-state index in [9.17, 15) is 15.0 Å². The quantitative estimate of drug-likeness (QED) is 0.463. The molecule has 3 aromatic rings. The molecule has 1 heterocycles. The Balaban J connectivity index is 1.60. The first-order valence-electron chi connectivity index (χ1n) is 9.75. The largest absolute Gasteiger partial charge is 0.508 e. The minimum absolute atomic E-state index is 0.0197. The van der Waals surface area contributed by atoms with Crippen LogP contribution in [0.2, 0.25) is 5.02 Å². The molecule has 2 aliphatic rings. The summed E-state index contributed by atoms with van der Waals surface area (Å²) in [6.07, 6.45) is 0.697. The van der Waals surface area contributed by atoms with Gasteiger partial charge < -0.3 is 15.5 Å². The molecule has 2 atom stereocenters. The van der Waals surface area contributed by atoms with Crippen LogP contribution in [-0.2, 0) is 10.2 Å². The van der Waals surface area contributed by atoms with Gasteiger partial charge in [-0.1, -0.05) is 42.4 Å². The highest BCUT2D eigenvalue weighted by Crippen LogP contribution is 2.65. The van der Waals surface area contributed by atoms with E-state index in [-0.39, 0.29) is 23.3 Å². The van der Waals surface area contributed by atoms with Crippen LogP contribution in [0.1, 0.15) is 34.6 Å². The second-order valence-electron chi connectivity index (χ2n) is 8.13. The maximum Gasteiger partial charge on any atom is 0.235 e. The highest BCUT2D eigenvalue weighted by Gasteiger charge is 2.65. The number of phenolic OH excluding ortho intramolecular Hbond substituents is 1. The Kier molecular flexibility index (Phi) is 3.99. The SMILES string of the molecule is C=C(O)c1cc(C2CC23C(=O)Nc2cc(Cl)c(-c4ccc(O)cc4)cc23)ccc1C. The van der Waals surface area contributed by atoms with Crippen LogP contribution in [-0.4, -0.2) is 16.1 Å². The van der Waals surface area contributed by atoms with Crippen LogP contribution in [0.3, 0.4) is 0 Å². The Labute approximate surface area is 179 Å². The number of aryl methyl sites for hydroxylation is 1. The van der Waals surface area contributed by atoms with Gasteiger partial charge in [0.2, 0.25) is 5.91 Å². The number of hydrogen-bond donors (Lipinski definition) is 3. The molecular weight excluding hydrogens is 398 g/mol. The van der Waals surface area contributed by atoms with E-state index in [1.807, 2.05) is 43.3 Å². The van der Waals surface area contributed by atoms with Crippen molar-refractivity contribution in [2.75, 3.05) is 5.32 Å². The molecule has 150 valence electrons. The maximum atomic E-state index is 13.0. The summed E-state index contributed by atoms with van der Waals surface area (Å²) in [4.78, 5) is 13.0. The molecule has 1 amide bonds. The second-order valence-corrected chi connectivity index (χ2v) is 8.53. The van der Waals surface area contributed by atoms with Crippen molar-refractivity contribution in [1.29, 1.82) is 0 Å². The van der Waals surface area contributed by atoms with Crippen molar-refractivity contribution in [3.05, 3.63) is 88.5 Å². The third kappa shape index (κ3) is 2.64. The van der Waals surface area contributed by atoms with Gasteiger partial charge in [0.25, 0.3) is 0 Å². The lowest BCUT2D eigenvalue weighted by Crippen LogP contribution is -2.21. The van der Waals surface area contributed by atoms with Crippen molar-refractivity contribution in [3.63, 3.8) is 0 Å². The van der Waals surface area contributed by atoms with Crippen molar-refractivity contribution < 1.29 is 15.0 Å². The van der Waals surface area contributed by atoms with E-state index in [0.29, 0.717) is 17.0 Å². The number of anilines is 1. The van der Waals surface area contributed by atoms with Gasteiger partial charge in [-0.2, -0.15) is 0 Å². The zero-order valence-corrected chi connectivity index (χ0v) is 17.1. The summed E-state index contributed by atoms with van der Waals surface area (Å²) in [5, 5.41) is 23.0. The zero-order valence-electron chi connectivity index (χ0n) is 16.4. The third-order valence-corrected chi connectivity index (χ3v) is 6.67. The van der Waals surface area contributed by atoms with E-state index < -0.39 is 5.41 Å². The van der Waals surface area contributed by atoms with Gasteiger partial charge in [0, 0.05) is 22.7 Å². The lowest BCUT2D eigenvalue weighted by molar-refractivity contribution is -0.118. The third-order valence-electron chi connectivity index (χ3n) is 6.36. The Hall–Kier alpha value is -3.24. The summed E-state index contributed by atoms with van der Waals surface area (Å²) in [5.41, 5.74) is 5.41. The van der Waals surface area contributed by atoms with Gasteiger partial charge in [-0.15, -0.1) is 0 Å². The minimum Gasteiger partial charge on any atom is -0.508 e. The fourth-order valence-electron chi connectivity index (χ4n) is 4.65. The highest BCUT2D eigenvalue weighted by molar-refractivity contribution is 6.34. The number of benzene rings is 3. The maximum absolute atomic E-state index is 13.0. The molecule has 0 saturated heterocycles. The van der Waals surface area contributed by atoms with Crippen LogP contribution in [0.5, 0.6) is 5.75 Å². The van der Waals surface area contributed by atoms with Gasteiger partial charge in [-0.3, -0.25) is 4.79 Å². The van der Waals surface area contributed by atoms with Crippen LogP contribution in [0.15, 0.2) is 61.2 Å². The van der Waals surface area contributed by atoms with Crippen LogP contribution in [0, 0.1) is 6.92 Å². The van der Waals surface area contributed by atoms with Gasteiger partial charge in [-0.25, -0.2) is 0 Å². The number of carbonyl (C=O) groups excluding carboxylic acids is 1. The van der Waals surface area contributed by atoms with E-state index in [1.54, 1.807) is 18.2 Å². The highest BCUT2D eigenvalue weighted by atomic mass is 35.5. The predicted molar refractivity (Wildman–Crippen MR) is 119 cm³/mol.